The molecule has 0 unspecified atom stereocenters. The van der Waals surface area contributed by atoms with Crippen LogP contribution in [-0.4, -0.2) is 13.6 Å². The predicted molar refractivity (Wildman–Crippen MR) is 67.1 cm³/mol. The van der Waals surface area contributed by atoms with Gasteiger partial charge >= 0.3 is 0 Å². The van der Waals surface area contributed by atoms with Crippen molar-refractivity contribution in [3.05, 3.63) is 29.6 Å². The topological polar surface area (TPSA) is 3.24 Å². The summed E-state index contributed by atoms with van der Waals surface area (Å²) in [7, 11) is 2.04. The third-order valence-electron chi connectivity index (χ3n) is 2.24. The maximum Gasteiger partial charge on any atom is 0.123 e. The number of nitrogens with zero attached hydrogens (tertiary/aromatic N) is 1. The molecule has 0 saturated carbocycles. The van der Waals surface area contributed by atoms with Crippen LogP contribution in [0.3, 0.4) is 0 Å². The van der Waals surface area contributed by atoms with Crippen molar-refractivity contribution in [2.75, 3.05) is 18.5 Å². The summed E-state index contributed by atoms with van der Waals surface area (Å²) in [6, 6.07) is 4.94. The summed E-state index contributed by atoms with van der Waals surface area (Å²) in [4.78, 5) is 2.17. The van der Waals surface area contributed by atoms with E-state index in [1.807, 2.05) is 13.1 Å². The summed E-state index contributed by atoms with van der Waals surface area (Å²) in [5.41, 5.74) is 2.10. The van der Waals surface area contributed by atoms with Gasteiger partial charge in [-0.15, -0.1) is 0 Å². The van der Waals surface area contributed by atoms with Crippen LogP contribution in [0.4, 0.5) is 10.1 Å². The SMILES string of the molecule is CC(C)CN(C)c1ccc(F)cc1CBr. The fourth-order valence-corrected chi connectivity index (χ4v) is 2.13. The quantitative estimate of drug-likeness (QED) is 0.754. The number of halogens is 2. The smallest absolute Gasteiger partial charge is 0.123 e. The summed E-state index contributed by atoms with van der Waals surface area (Å²) in [5.74, 6) is 0.425. The van der Waals surface area contributed by atoms with Crippen LogP contribution in [0.1, 0.15) is 19.4 Å². The molecule has 0 aliphatic rings. The number of alkyl halides is 1. The van der Waals surface area contributed by atoms with E-state index >= 15 is 0 Å². The van der Waals surface area contributed by atoms with Crippen LogP contribution in [-0.2, 0) is 5.33 Å². The lowest BCUT2D eigenvalue weighted by molar-refractivity contribution is 0.622. The largest absolute Gasteiger partial charge is 0.374 e. The molecule has 1 aromatic rings. The fourth-order valence-electron chi connectivity index (χ4n) is 1.68. The van der Waals surface area contributed by atoms with E-state index in [0.29, 0.717) is 11.2 Å². The van der Waals surface area contributed by atoms with Crippen molar-refractivity contribution >= 4 is 21.6 Å². The molecule has 0 N–H and O–H groups in total. The molecule has 84 valence electrons. The van der Waals surface area contributed by atoms with Gasteiger partial charge in [-0.3, -0.25) is 0 Å². The van der Waals surface area contributed by atoms with Crippen LogP contribution in [0.15, 0.2) is 18.2 Å². The lowest BCUT2D eigenvalue weighted by atomic mass is 10.1. The molecule has 0 aromatic heterocycles. The molecule has 0 saturated heterocycles. The molecular weight excluding hydrogens is 257 g/mol. The van der Waals surface area contributed by atoms with Gasteiger partial charge in [0.25, 0.3) is 0 Å². The summed E-state index contributed by atoms with van der Waals surface area (Å²) < 4.78 is 13.0. The first kappa shape index (κ1) is 12.5. The first-order valence-electron chi connectivity index (χ1n) is 5.10. The van der Waals surface area contributed by atoms with Gasteiger partial charge in [0.15, 0.2) is 0 Å². The minimum absolute atomic E-state index is 0.175. The number of rotatable bonds is 4. The van der Waals surface area contributed by atoms with E-state index in [4.69, 9.17) is 0 Å². The Morgan fingerprint density at radius 2 is 2.07 bits per heavy atom. The normalized spacial score (nSPS) is 10.8. The summed E-state index contributed by atoms with van der Waals surface area (Å²) in [5, 5.41) is 0.683. The van der Waals surface area contributed by atoms with Crippen molar-refractivity contribution in [2.24, 2.45) is 5.92 Å². The van der Waals surface area contributed by atoms with Gasteiger partial charge in [-0.25, -0.2) is 4.39 Å². The van der Waals surface area contributed by atoms with Crippen molar-refractivity contribution in [2.45, 2.75) is 19.2 Å². The van der Waals surface area contributed by atoms with Gasteiger partial charge in [-0.1, -0.05) is 29.8 Å². The first-order chi connectivity index (χ1) is 7.04. The molecule has 0 aliphatic heterocycles. The number of anilines is 1. The van der Waals surface area contributed by atoms with Gasteiger partial charge < -0.3 is 4.90 Å². The minimum Gasteiger partial charge on any atom is -0.374 e. The molecule has 1 nitrogen and oxygen atoms in total. The zero-order valence-corrected chi connectivity index (χ0v) is 11.0. The molecule has 0 heterocycles. The summed E-state index contributed by atoms with van der Waals surface area (Å²) in [6.45, 7) is 5.33. The Morgan fingerprint density at radius 3 is 2.60 bits per heavy atom. The molecule has 15 heavy (non-hydrogen) atoms. The van der Waals surface area contributed by atoms with E-state index in [1.165, 1.54) is 6.07 Å². The average Bonchev–Trinajstić information content (AvgIpc) is 2.16. The molecule has 0 aliphatic carbocycles. The number of benzene rings is 1. The second-order valence-corrected chi connectivity index (χ2v) is 4.74. The Hall–Kier alpha value is -0.570. The summed E-state index contributed by atoms with van der Waals surface area (Å²) in [6.07, 6.45) is 0. The highest BCUT2D eigenvalue weighted by Gasteiger charge is 2.08. The Morgan fingerprint density at radius 1 is 1.40 bits per heavy atom. The Balaban J connectivity index is 2.92. The van der Waals surface area contributed by atoms with E-state index in [-0.39, 0.29) is 5.82 Å². The van der Waals surface area contributed by atoms with Gasteiger partial charge in [0.05, 0.1) is 0 Å². The van der Waals surface area contributed by atoms with Crippen LogP contribution >= 0.6 is 15.9 Å². The van der Waals surface area contributed by atoms with Crippen LogP contribution in [0.25, 0.3) is 0 Å². The van der Waals surface area contributed by atoms with E-state index in [1.54, 1.807) is 6.07 Å². The Bertz CT molecular complexity index is 325. The second kappa shape index (κ2) is 5.50. The molecule has 0 fully saturated rings. The van der Waals surface area contributed by atoms with E-state index < -0.39 is 0 Å². The van der Waals surface area contributed by atoms with Gasteiger partial charge in [0.1, 0.15) is 5.82 Å². The van der Waals surface area contributed by atoms with E-state index in [2.05, 4.69) is 34.7 Å². The lowest BCUT2D eigenvalue weighted by Gasteiger charge is -2.23. The van der Waals surface area contributed by atoms with Crippen LogP contribution < -0.4 is 4.90 Å². The zero-order valence-electron chi connectivity index (χ0n) is 9.43. The van der Waals surface area contributed by atoms with Crippen LogP contribution in [0, 0.1) is 11.7 Å². The van der Waals surface area contributed by atoms with Crippen LogP contribution in [0.5, 0.6) is 0 Å². The van der Waals surface area contributed by atoms with Crippen molar-refractivity contribution in [1.82, 2.24) is 0 Å². The maximum atomic E-state index is 13.0. The number of hydrogen-bond acceptors (Lipinski definition) is 1. The predicted octanol–water partition coefficient (Wildman–Crippen LogP) is 3.81. The van der Waals surface area contributed by atoms with Gasteiger partial charge in [-0.05, 0) is 29.7 Å². The number of hydrogen-bond donors (Lipinski definition) is 0. The zero-order chi connectivity index (χ0) is 11.4. The van der Waals surface area contributed by atoms with Gasteiger partial charge in [-0.2, -0.15) is 0 Å². The molecule has 3 heteroatoms. The molecule has 0 bridgehead atoms. The Kier molecular flexibility index (Phi) is 4.58. The highest BCUT2D eigenvalue weighted by Crippen LogP contribution is 2.23. The van der Waals surface area contributed by atoms with Crippen molar-refractivity contribution in [3.63, 3.8) is 0 Å². The maximum absolute atomic E-state index is 13.0. The van der Waals surface area contributed by atoms with E-state index in [0.717, 1.165) is 17.8 Å². The van der Waals surface area contributed by atoms with Crippen molar-refractivity contribution in [3.8, 4) is 0 Å². The average molecular weight is 274 g/mol. The minimum atomic E-state index is -0.175. The lowest BCUT2D eigenvalue weighted by Crippen LogP contribution is -2.23. The summed E-state index contributed by atoms with van der Waals surface area (Å²) >= 11 is 3.38. The molecule has 0 atom stereocenters. The molecule has 1 rings (SSSR count). The van der Waals surface area contributed by atoms with Crippen molar-refractivity contribution < 1.29 is 4.39 Å². The highest BCUT2D eigenvalue weighted by molar-refractivity contribution is 9.08. The second-order valence-electron chi connectivity index (χ2n) is 4.18. The van der Waals surface area contributed by atoms with Gasteiger partial charge in [0.2, 0.25) is 0 Å². The highest BCUT2D eigenvalue weighted by atomic mass is 79.9. The van der Waals surface area contributed by atoms with Crippen LogP contribution in [0.2, 0.25) is 0 Å². The molecular formula is C12H17BrFN. The molecule has 0 radical (unpaired) electrons. The monoisotopic (exact) mass is 273 g/mol. The third-order valence-corrected chi connectivity index (χ3v) is 2.84. The first-order valence-corrected chi connectivity index (χ1v) is 6.22. The van der Waals surface area contributed by atoms with Crippen molar-refractivity contribution in [1.29, 1.82) is 0 Å². The Labute approximate surface area is 99.4 Å². The molecule has 0 amide bonds. The standard InChI is InChI=1S/C12H17BrFN/c1-9(2)8-15(3)12-5-4-11(14)6-10(12)7-13/h4-6,9H,7-8H2,1-3H3. The fraction of sp³-hybridized carbons (Fsp3) is 0.500. The van der Waals surface area contributed by atoms with E-state index in [9.17, 15) is 4.39 Å². The van der Waals surface area contributed by atoms with Gasteiger partial charge in [0, 0.05) is 24.6 Å². The molecule has 1 aromatic carbocycles. The molecule has 0 spiro atoms. The third kappa shape index (κ3) is 3.49.